The fraction of sp³-hybridized carbons (Fsp3) is 0.364. The van der Waals surface area contributed by atoms with Gasteiger partial charge in [-0.05, 0) is 42.5 Å². The summed E-state index contributed by atoms with van der Waals surface area (Å²) < 4.78 is 9.74. The number of methoxy groups -OCH3 is 1. The van der Waals surface area contributed by atoms with Gasteiger partial charge in [0.15, 0.2) is 11.5 Å². The van der Waals surface area contributed by atoms with Crippen LogP contribution in [-0.4, -0.2) is 18.4 Å². The number of hydrogen-bond acceptors (Lipinski definition) is 3. The molecular formula is C11H12O4. The normalized spacial score (nSPS) is 13.4. The van der Waals surface area contributed by atoms with Gasteiger partial charge in [0.1, 0.15) is 0 Å². The maximum Gasteiger partial charge on any atom is 0.511 e. The highest BCUT2D eigenvalue weighted by molar-refractivity contribution is 5.64. The first-order chi connectivity index (χ1) is 7.20. The molecule has 1 aromatic rings. The average molecular weight is 208 g/mol. The van der Waals surface area contributed by atoms with Crippen LogP contribution in [0, 0.1) is 0 Å². The standard InChI is InChI=1S/C11H12O4/c1-14-9-5-7-3-2-4-8(7)6-10(9)15-11(12)13/h5-6H,2-4H2,1H3,(H,12,13). The van der Waals surface area contributed by atoms with Crippen molar-refractivity contribution in [1.82, 2.24) is 0 Å². The molecule has 2 rings (SSSR count). The molecule has 0 fully saturated rings. The second-order valence-corrected chi connectivity index (χ2v) is 3.49. The van der Waals surface area contributed by atoms with Gasteiger partial charge in [0.25, 0.3) is 0 Å². The van der Waals surface area contributed by atoms with Gasteiger partial charge < -0.3 is 14.6 Å². The second kappa shape index (κ2) is 3.81. The SMILES string of the molecule is COc1cc2c(cc1OC(=O)O)CCC2. The summed E-state index contributed by atoms with van der Waals surface area (Å²) in [4.78, 5) is 10.5. The lowest BCUT2D eigenvalue weighted by molar-refractivity contribution is 0.142. The zero-order valence-electron chi connectivity index (χ0n) is 8.45. The largest absolute Gasteiger partial charge is 0.511 e. The fourth-order valence-electron chi connectivity index (χ4n) is 1.91. The topological polar surface area (TPSA) is 55.8 Å². The van der Waals surface area contributed by atoms with Crippen LogP contribution in [0.5, 0.6) is 11.5 Å². The minimum atomic E-state index is -1.31. The van der Waals surface area contributed by atoms with Crippen molar-refractivity contribution >= 4 is 6.16 Å². The molecular weight excluding hydrogens is 196 g/mol. The van der Waals surface area contributed by atoms with Crippen LogP contribution in [-0.2, 0) is 12.8 Å². The molecule has 0 aromatic heterocycles. The van der Waals surface area contributed by atoms with Crippen LogP contribution >= 0.6 is 0 Å². The van der Waals surface area contributed by atoms with E-state index >= 15 is 0 Å². The summed E-state index contributed by atoms with van der Waals surface area (Å²) in [7, 11) is 1.51. The second-order valence-electron chi connectivity index (χ2n) is 3.49. The van der Waals surface area contributed by atoms with Crippen LogP contribution in [0.25, 0.3) is 0 Å². The van der Waals surface area contributed by atoms with E-state index in [1.165, 1.54) is 12.7 Å². The molecule has 0 spiro atoms. The van der Waals surface area contributed by atoms with Crippen LogP contribution in [0.4, 0.5) is 4.79 Å². The number of ether oxygens (including phenoxy) is 2. The van der Waals surface area contributed by atoms with E-state index in [0.717, 1.165) is 24.8 Å². The lowest BCUT2D eigenvalue weighted by atomic mass is 10.1. The van der Waals surface area contributed by atoms with Gasteiger partial charge in [0.2, 0.25) is 0 Å². The zero-order valence-corrected chi connectivity index (χ0v) is 8.45. The van der Waals surface area contributed by atoms with E-state index in [9.17, 15) is 4.79 Å². The maximum atomic E-state index is 10.5. The van der Waals surface area contributed by atoms with Crippen LogP contribution < -0.4 is 9.47 Å². The van der Waals surface area contributed by atoms with Crippen molar-refractivity contribution in [2.75, 3.05) is 7.11 Å². The van der Waals surface area contributed by atoms with Gasteiger partial charge >= 0.3 is 6.16 Å². The van der Waals surface area contributed by atoms with Gasteiger partial charge in [-0.1, -0.05) is 0 Å². The Labute approximate surface area is 87.4 Å². The third kappa shape index (κ3) is 1.88. The molecule has 0 bridgehead atoms. The molecule has 1 aromatic carbocycles. The van der Waals surface area contributed by atoms with E-state index in [4.69, 9.17) is 9.84 Å². The van der Waals surface area contributed by atoms with Crippen molar-refractivity contribution in [2.24, 2.45) is 0 Å². The van der Waals surface area contributed by atoms with Gasteiger partial charge in [-0.25, -0.2) is 4.79 Å². The van der Waals surface area contributed by atoms with Crippen molar-refractivity contribution in [3.63, 3.8) is 0 Å². The molecule has 15 heavy (non-hydrogen) atoms. The molecule has 0 amide bonds. The highest BCUT2D eigenvalue weighted by atomic mass is 16.7. The molecule has 0 heterocycles. The van der Waals surface area contributed by atoms with E-state index in [2.05, 4.69) is 4.74 Å². The summed E-state index contributed by atoms with van der Waals surface area (Å²) >= 11 is 0. The van der Waals surface area contributed by atoms with Gasteiger partial charge in [-0.2, -0.15) is 0 Å². The number of fused-ring (bicyclic) bond motifs is 1. The first-order valence-corrected chi connectivity index (χ1v) is 4.81. The van der Waals surface area contributed by atoms with Gasteiger partial charge in [-0.3, -0.25) is 0 Å². The van der Waals surface area contributed by atoms with E-state index in [1.54, 1.807) is 6.07 Å². The monoisotopic (exact) mass is 208 g/mol. The molecule has 0 atom stereocenters. The zero-order chi connectivity index (χ0) is 10.8. The predicted molar refractivity (Wildman–Crippen MR) is 53.7 cm³/mol. The Balaban J connectivity index is 2.39. The number of hydrogen-bond donors (Lipinski definition) is 1. The Morgan fingerprint density at radius 3 is 2.40 bits per heavy atom. The van der Waals surface area contributed by atoms with E-state index in [1.807, 2.05) is 6.07 Å². The Morgan fingerprint density at radius 1 is 1.27 bits per heavy atom. The number of benzene rings is 1. The van der Waals surface area contributed by atoms with Crippen LogP contribution in [0.1, 0.15) is 17.5 Å². The highest BCUT2D eigenvalue weighted by Crippen LogP contribution is 2.34. The number of rotatable bonds is 2. The highest BCUT2D eigenvalue weighted by Gasteiger charge is 2.17. The number of carboxylic acid groups (broad SMARTS) is 1. The molecule has 0 aliphatic heterocycles. The fourth-order valence-corrected chi connectivity index (χ4v) is 1.91. The molecule has 1 N–H and O–H groups in total. The molecule has 4 heteroatoms. The van der Waals surface area contributed by atoms with E-state index in [0.29, 0.717) is 5.75 Å². The maximum absolute atomic E-state index is 10.5. The summed E-state index contributed by atoms with van der Waals surface area (Å²) in [5.41, 5.74) is 2.39. The number of carbonyl (C=O) groups is 1. The van der Waals surface area contributed by atoms with E-state index in [-0.39, 0.29) is 5.75 Å². The van der Waals surface area contributed by atoms with Gasteiger partial charge in [-0.15, -0.1) is 0 Å². The summed E-state index contributed by atoms with van der Waals surface area (Å²) in [6.45, 7) is 0. The Kier molecular flexibility index (Phi) is 2.49. The van der Waals surface area contributed by atoms with Gasteiger partial charge in [0.05, 0.1) is 7.11 Å². The minimum Gasteiger partial charge on any atom is -0.493 e. The lowest BCUT2D eigenvalue weighted by Gasteiger charge is -2.09. The third-order valence-electron chi connectivity index (χ3n) is 2.58. The molecule has 0 saturated carbocycles. The van der Waals surface area contributed by atoms with Crippen molar-refractivity contribution < 1.29 is 19.4 Å². The Morgan fingerprint density at radius 2 is 1.87 bits per heavy atom. The first kappa shape index (κ1) is 9.83. The minimum absolute atomic E-state index is 0.283. The van der Waals surface area contributed by atoms with Crippen molar-refractivity contribution in [3.8, 4) is 11.5 Å². The lowest BCUT2D eigenvalue weighted by Crippen LogP contribution is -2.05. The van der Waals surface area contributed by atoms with Crippen LogP contribution in [0.2, 0.25) is 0 Å². The summed E-state index contributed by atoms with van der Waals surface area (Å²) in [6, 6.07) is 3.62. The van der Waals surface area contributed by atoms with Crippen molar-refractivity contribution in [2.45, 2.75) is 19.3 Å². The van der Waals surface area contributed by atoms with Crippen molar-refractivity contribution in [3.05, 3.63) is 23.3 Å². The predicted octanol–water partition coefficient (Wildman–Crippen LogP) is 2.24. The molecule has 80 valence electrons. The summed E-state index contributed by atoms with van der Waals surface area (Å²) in [6.07, 6.45) is 1.80. The van der Waals surface area contributed by atoms with Crippen LogP contribution in [0.15, 0.2) is 12.1 Å². The summed E-state index contributed by atoms with van der Waals surface area (Å²) in [5.74, 6) is 0.767. The van der Waals surface area contributed by atoms with E-state index < -0.39 is 6.16 Å². The van der Waals surface area contributed by atoms with Crippen molar-refractivity contribution in [1.29, 1.82) is 0 Å². The molecule has 0 unspecified atom stereocenters. The third-order valence-corrected chi connectivity index (χ3v) is 2.58. The smallest absolute Gasteiger partial charge is 0.493 e. The molecule has 1 aliphatic rings. The quantitative estimate of drug-likeness (QED) is 0.598. The van der Waals surface area contributed by atoms with Gasteiger partial charge in [0, 0.05) is 0 Å². The molecule has 0 radical (unpaired) electrons. The summed E-state index contributed by atoms with van der Waals surface area (Å²) in [5, 5.41) is 8.56. The average Bonchev–Trinajstić information content (AvgIpc) is 2.62. The molecule has 1 aliphatic carbocycles. The first-order valence-electron chi connectivity index (χ1n) is 4.81. The van der Waals surface area contributed by atoms with Crippen LogP contribution in [0.3, 0.4) is 0 Å². The molecule has 0 saturated heterocycles. The molecule has 4 nitrogen and oxygen atoms in total. The number of aryl methyl sites for hydroxylation is 2. The Bertz CT molecular complexity index is 398. The Hall–Kier alpha value is -1.71.